The third-order valence-electron chi connectivity index (χ3n) is 4.04. The number of anilines is 1. The maximum atomic E-state index is 13.0. The SMILES string of the molecule is O=C(NC[C@H](O)c1ccc(-c2ccco2)cc1)Nc1ccccc1C(F)(F)F. The van der Waals surface area contributed by atoms with Crippen molar-refractivity contribution < 1.29 is 27.5 Å². The van der Waals surface area contributed by atoms with Gasteiger partial charge in [0.1, 0.15) is 5.76 Å². The highest BCUT2D eigenvalue weighted by Gasteiger charge is 2.33. The molecule has 0 saturated carbocycles. The number of alkyl halides is 3. The van der Waals surface area contributed by atoms with Crippen molar-refractivity contribution in [1.82, 2.24) is 5.32 Å². The summed E-state index contributed by atoms with van der Waals surface area (Å²) in [5.74, 6) is 0.682. The molecule has 5 nitrogen and oxygen atoms in total. The Kier molecular flexibility index (Phi) is 5.70. The van der Waals surface area contributed by atoms with Crippen LogP contribution in [0.1, 0.15) is 17.2 Å². The molecule has 0 bridgehead atoms. The summed E-state index contributed by atoms with van der Waals surface area (Å²) < 4.78 is 44.1. The van der Waals surface area contributed by atoms with E-state index in [2.05, 4.69) is 10.6 Å². The van der Waals surface area contributed by atoms with E-state index in [-0.39, 0.29) is 12.2 Å². The Balaban J connectivity index is 1.58. The van der Waals surface area contributed by atoms with E-state index in [0.717, 1.165) is 17.7 Å². The first-order chi connectivity index (χ1) is 13.3. The molecule has 0 spiro atoms. The zero-order chi connectivity index (χ0) is 20.1. The van der Waals surface area contributed by atoms with Crippen LogP contribution >= 0.6 is 0 Å². The fraction of sp³-hybridized carbons (Fsp3) is 0.150. The average molecular weight is 390 g/mol. The Hall–Kier alpha value is -3.26. The van der Waals surface area contributed by atoms with Crippen molar-refractivity contribution in [2.45, 2.75) is 12.3 Å². The zero-order valence-corrected chi connectivity index (χ0v) is 14.5. The second-order valence-corrected chi connectivity index (χ2v) is 5.99. The number of urea groups is 1. The monoisotopic (exact) mass is 390 g/mol. The summed E-state index contributed by atoms with van der Waals surface area (Å²) in [5.41, 5.74) is 0.0747. The molecule has 146 valence electrons. The summed E-state index contributed by atoms with van der Waals surface area (Å²) in [7, 11) is 0. The molecule has 0 aliphatic rings. The van der Waals surface area contributed by atoms with Crippen molar-refractivity contribution >= 4 is 11.7 Å². The zero-order valence-electron chi connectivity index (χ0n) is 14.5. The molecule has 3 rings (SSSR count). The van der Waals surface area contributed by atoms with Crippen LogP contribution in [0.4, 0.5) is 23.7 Å². The summed E-state index contributed by atoms with van der Waals surface area (Å²) >= 11 is 0. The Morgan fingerprint density at radius 2 is 1.75 bits per heavy atom. The van der Waals surface area contributed by atoms with Crippen molar-refractivity contribution in [3.05, 3.63) is 78.1 Å². The van der Waals surface area contributed by atoms with Gasteiger partial charge >= 0.3 is 12.2 Å². The number of para-hydroxylation sites is 1. The van der Waals surface area contributed by atoms with Crippen LogP contribution in [0.5, 0.6) is 0 Å². The molecule has 0 aliphatic heterocycles. The van der Waals surface area contributed by atoms with E-state index in [1.807, 2.05) is 0 Å². The number of amides is 2. The normalized spacial score (nSPS) is 12.4. The smallest absolute Gasteiger partial charge is 0.418 e. The molecule has 28 heavy (non-hydrogen) atoms. The molecule has 3 N–H and O–H groups in total. The molecule has 0 saturated heterocycles. The maximum absolute atomic E-state index is 13.0. The number of aliphatic hydroxyl groups excluding tert-OH is 1. The number of nitrogens with one attached hydrogen (secondary N) is 2. The minimum absolute atomic E-state index is 0.167. The Morgan fingerprint density at radius 1 is 1.04 bits per heavy atom. The Labute approximate surface area is 158 Å². The topological polar surface area (TPSA) is 74.5 Å². The molecule has 2 amide bonds. The number of halogens is 3. The number of carbonyl (C=O) groups excluding carboxylic acids is 1. The molecule has 0 unspecified atom stereocenters. The number of carbonyl (C=O) groups is 1. The van der Waals surface area contributed by atoms with E-state index < -0.39 is 23.9 Å². The fourth-order valence-corrected chi connectivity index (χ4v) is 2.63. The summed E-state index contributed by atoms with van der Waals surface area (Å²) in [4.78, 5) is 11.9. The van der Waals surface area contributed by atoms with Gasteiger partial charge in [0.05, 0.1) is 23.6 Å². The van der Waals surface area contributed by atoms with Gasteiger partial charge in [0.2, 0.25) is 0 Å². The van der Waals surface area contributed by atoms with E-state index in [9.17, 15) is 23.1 Å². The molecule has 3 aromatic rings. The lowest BCUT2D eigenvalue weighted by atomic mass is 10.1. The Bertz CT molecular complexity index is 923. The van der Waals surface area contributed by atoms with Crippen molar-refractivity contribution in [3.8, 4) is 11.3 Å². The van der Waals surface area contributed by atoms with Gasteiger partial charge in [-0.25, -0.2) is 4.79 Å². The van der Waals surface area contributed by atoms with Crippen molar-refractivity contribution in [3.63, 3.8) is 0 Å². The highest BCUT2D eigenvalue weighted by molar-refractivity contribution is 5.90. The third kappa shape index (κ3) is 4.72. The number of hydrogen-bond donors (Lipinski definition) is 3. The average Bonchev–Trinajstić information content (AvgIpc) is 3.20. The summed E-state index contributed by atoms with van der Waals surface area (Å²) in [5, 5.41) is 14.7. The number of rotatable bonds is 5. The molecule has 0 aliphatic carbocycles. The lowest BCUT2D eigenvalue weighted by Crippen LogP contribution is -2.33. The van der Waals surface area contributed by atoms with E-state index in [1.54, 1.807) is 42.7 Å². The number of furan rings is 1. The van der Waals surface area contributed by atoms with E-state index in [0.29, 0.717) is 11.3 Å². The molecule has 1 atom stereocenters. The summed E-state index contributed by atoms with van der Waals surface area (Å²) in [6, 6.07) is 14.3. The van der Waals surface area contributed by atoms with Gasteiger partial charge in [-0.2, -0.15) is 13.2 Å². The maximum Gasteiger partial charge on any atom is 0.418 e. The second kappa shape index (κ2) is 8.18. The molecular formula is C20H17F3N2O3. The van der Waals surface area contributed by atoms with E-state index in [1.165, 1.54) is 12.1 Å². The molecule has 8 heteroatoms. The Morgan fingerprint density at radius 3 is 2.39 bits per heavy atom. The predicted octanol–water partition coefficient (Wildman–Crippen LogP) is 4.82. The van der Waals surface area contributed by atoms with E-state index in [4.69, 9.17) is 4.42 Å². The number of benzene rings is 2. The van der Waals surface area contributed by atoms with Gasteiger partial charge in [0.25, 0.3) is 0 Å². The minimum Gasteiger partial charge on any atom is -0.464 e. The predicted molar refractivity (Wildman–Crippen MR) is 97.6 cm³/mol. The van der Waals surface area contributed by atoms with Crippen LogP contribution in [0.15, 0.2) is 71.3 Å². The summed E-state index contributed by atoms with van der Waals surface area (Å²) in [6.45, 7) is -0.167. The molecule has 0 radical (unpaired) electrons. The van der Waals surface area contributed by atoms with Crippen LogP contribution in [0, 0.1) is 0 Å². The lowest BCUT2D eigenvalue weighted by Gasteiger charge is -2.16. The van der Waals surface area contributed by atoms with Crippen LogP contribution in [0.2, 0.25) is 0 Å². The van der Waals surface area contributed by atoms with Crippen LogP contribution in [-0.2, 0) is 6.18 Å². The van der Waals surface area contributed by atoms with Gasteiger partial charge in [-0.15, -0.1) is 0 Å². The van der Waals surface area contributed by atoms with Crippen LogP contribution < -0.4 is 10.6 Å². The fourth-order valence-electron chi connectivity index (χ4n) is 2.63. The second-order valence-electron chi connectivity index (χ2n) is 5.99. The number of aliphatic hydroxyl groups is 1. The largest absolute Gasteiger partial charge is 0.464 e. The highest BCUT2D eigenvalue weighted by atomic mass is 19.4. The molecule has 2 aromatic carbocycles. The van der Waals surface area contributed by atoms with Crippen LogP contribution in [-0.4, -0.2) is 17.7 Å². The quantitative estimate of drug-likeness (QED) is 0.585. The van der Waals surface area contributed by atoms with Gasteiger partial charge in [-0.1, -0.05) is 36.4 Å². The van der Waals surface area contributed by atoms with Gasteiger partial charge in [0.15, 0.2) is 0 Å². The van der Waals surface area contributed by atoms with Gasteiger partial charge < -0.3 is 20.2 Å². The van der Waals surface area contributed by atoms with E-state index >= 15 is 0 Å². The van der Waals surface area contributed by atoms with Crippen LogP contribution in [0.3, 0.4) is 0 Å². The third-order valence-corrected chi connectivity index (χ3v) is 4.04. The first-order valence-corrected chi connectivity index (χ1v) is 8.37. The molecule has 1 heterocycles. The highest BCUT2D eigenvalue weighted by Crippen LogP contribution is 2.34. The van der Waals surface area contributed by atoms with Gasteiger partial charge in [-0.05, 0) is 29.8 Å². The molecular weight excluding hydrogens is 373 g/mol. The van der Waals surface area contributed by atoms with Gasteiger partial charge in [0, 0.05) is 12.1 Å². The van der Waals surface area contributed by atoms with Crippen LogP contribution in [0.25, 0.3) is 11.3 Å². The minimum atomic E-state index is -4.58. The van der Waals surface area contributed by atoms with Crippen molar-refractivity contribution in [1.29, 1.82) is 0 Å². The molecule has 0 fully saturated rings. The molecule has 1 aromatic heterocycles. The standard InChI is InChI=1S/C20H17F3N2O3/c21-20(22,23)15-4-1-2-5-16(15)25-19(27)24-12-17(26)13-7-9-14(10-8-13)18-6-3-11-28-18/h1-11,17,26H,12H2,(H2,24,25,27)/t17-/m0/s1. The van der Waals surface area contributed by atoms with Gasteiger partial charge in [-0.3, -0.25) is 0 Å². The van der Waals surface area contributed by atoms with Crippen molar-refractivity contribution in [2.24, 2.45) is 0 Å². The van der Waals surface area contributed by atoms with Crippen molar-refractivity contribution in [2.75, 3.05) is 11.9 Å². The lowest BCUT2D eigenvalue weighted by molar-refractivity contribution is -0.136. The first-order valence-electron chi connectivity index (χ1n) is 8.37. The number of hydrogen-bond acceptors (Lipinski definition) is 3. The first kappa shape index (κ1) is 19.5. The summed E-state index contributed by atoms with van der Waals surface area (Å²) in [6.07, 6.45) is -4.05.